The highest BCUT2D eigenvalue weighted by atomic mass is 28.3. The first-order valence-corrected chi connectivity index (χ1v) is 9.69. The minimum Gasteiger partial charge on any atom is -0.198 e. The lowest BCUT2D eigenvalue weighted by molar-refractivity contribution is 0.149. The van der Waals surface area contributed by atoms with Gasteiger partial charge in [0, 0.05) is 5.56 Å². The highest BCUT2D eigenvalue weighted by molar-refractivity contribution is 6.79. The number of hydrogen-bond donors (Lipinski definition) is 0. The second-order valence-corrected chi connectivity index (χ2v) is 10.8. The normalized spacial score (nSPS) is 12.1. The van der Waals surface area contributed by atoms with Gasteiger partial charge in [-0.1, -0.05) is 55.9 Å². The molecule has 0 heterocycles. The van der Waals surface area contributed by atoms with Crippen LogP contribution in [0.1, 0.15) is 5.56 Å². The SMILES string of the molecule is C[Si](C)(C)C(F)(F)C#Cc1ccc2ccccc2c1. The van der Waals surface area contributed by atoms with E-state index in [1.54, 1.807) is 25.7 Å². The number of rotatable bonds is 1. The molecule has 0 aliphatic rings. The first kappa shape index (κ1) is 13.8. The molecular weight excluding hydrogens is 258 g/mol. The molecule has 0 saturated carbocycles. The van der Waals surface area contributed by atoms with E-state index in [1.807, 2.05) is 36.4 Å². The van der Waals surface area contributed by atoms with E-state index in [-0.39, 0.29) is 0 Å². The highest BCUT2D eigenvalue weighted by Crippen LogP contribution is 2.26. The van der Waals surface area contributed by atoms with Crippen LogP contribution in [0.15, 0.2) is 42.5 Å². The molecule has 98 valence electrons. The lowest BCUT2D eigenvalue weighted by atomic mass is 10.1. The Morgan fingerprint density at radius 2 is 1.58 bits per heavy atom. The molecule has 19 heavy (non-hydrogen) atoms. The molecule has 0 spiro atoms. The standard InChI is InChI=1S/C16H16F2Si/c1-19(2,3)16(17,18)11-10-13-8-9-14-6-4-5-7-15(14)12-13/h4-9,12H,1-3H3. The molecule has 2 aromatic rings. The van der Waals surface area contributed by atoms with Crippen molar-refractivity contribution in [1.82, 2.24) is 0 Å². The number of alkyl halides is 2. The number of benzene rings is 2. The lowest BCUT2D eigenvalue weighted by Gasteiger charge is -2.22. The summed E-state index contributed by atoms with van der Waals surface area (Å²) in [6, 6.07) is 13.4. The lowest BCUT2D eigenvalue weighted by Crippen LogP contribution is -2.43. The van der Waals surface area contributed by atoms with Crippen LogP contribution in [0.5, 0.6) is 0 Å². The zero-order chi connectivity index (χ0) is 14.1. The molecule has 0 aliphatic heterocycles. The minimum absolute atomic E-state index is 0.636. The molecule has 0 unspecified atom stereocenters. The van der Waals surface area contributed by atoms with Gasteiger partial charge < -0.3 is 0 Å². The van der Waals surface area contributed by atoms with Crippen LogP contribution in [0, 0.1) is 11.8 Å². The Labute approximate surface area is 113 Å². The summed E-state index contributed by atoms with van der Waals surface area (Å²) in [6.07, 6.45) is 0. The zero-order valence-corrected chi connectivity index (χ0v) is 12.3. The van der Waals surface area contributed by atoms with Crippen molar-refractivity contribution in [3.63, 3.8) is 0 Å². The molecule has 0 amide bonds. The van der Waals surface area contributed by atoms with Crippen molar-refractivity contribution in [3.8, 4) is 11.8 Å². The zero-order valence-electron chi connectivity index (χ0n) is 11.3. The summed E-state index contributed by atoms with van der Waals surface area (Å²) in [5.41, 5.74) is -2.23. The summed E-state index contributed by atoms with van der Waals surface area (Å²) < 4.78 is 27.6. The van der Waals surface area contributed by atoms with E-state index in [2.05, 4.69) is 11.8 Å². The Kier molecular flexibility index (Phi) is 3.47. The van der Waals surface area contributed by atoms with E-state index in [1.165, 1.54) is 0 Å². The van der Waals surface area contributed by atoms with Crippen LogP contribution >= 0.6 is 0 Å². The second-order valence-electron chi connectivity index (χ2n) is 5.64. The molecular formula is C16H16F2Si. The van der Waals surface area contributed by atoms with Crippen LogP contribution < -0.4 is 0 Å². The van der Waals surface area contributed by atoms with Crippen LogP contribution in [0.2, 0.25) is 19.6 Å². The van der Waals surface area contributed by atoms with Crippen LogP contribution in [0.3, 0.4) is 0 Å². The largest absolute Gasteiger partial charge is 0.286 e. The Bertz CT molecular complexity index is 657. The van der Waals surface area contributed by atoms with Gasteiger partial charge in [0.2, 0.25) is 0 Å². The Morgan fingerprint density at radius 1 is 0.947 bits per heavy atom. The topological polar surface area (TPSA) is 0 Å². The van der Waals surface area contributed by atoms with Gasteiger partial charge in [-0.3, -0.25) is 0 Å². The maximum Gasteiger partial charge on any atom is 0.286 e. The van der Waals surface area contributed by atoms with Gasteiger partial charge >= 0.3 is 0 Å². The van der Waals surface area contributed by atoms with Crippen molar-refractivity contribution < 1.29 is 8.78 Å². The summed E-state index contributed by atoms with van der Waals surface area (Å²) in [7, 11) is -2.60. The fourth-order valence-electron chi connectivity index (χ4n) is 1.61. The average molecular weight is 274 g/mol. The van der Waals surface area contributed by atoms with Crippen LogP contribution in [0.4, 0.5) is 8.78 Å². The van der Waals surface area contributed by atoms with Crippen LogP contribution in [-0.2, 0) is 0 Å². The van der Waals surface area contributed by atoms with Crippen molar-refractivity contribution in [2.24, 2.45) is 0 Å². The molecule has 3 heteroatoms. The first-order valence-electron chi connectivity index (χ1n) is 6.19. The molecule has 0 aromatic heterocycles. The molecule has 0 atom stereocenters. The molecule has 0 N–H and O–H groups in total. The van der Waals surface area contributed by atoms with Gasteiger partial charge in [-0.05, 0) is 28.8 Å². The summed E-state index contributed by atoms with van der Waals surface area (Å²) in [4.78, 5) is 0. The molecule has 2 aromatic carbocycles. The van der Waals surface area contributed by atoms with Gasteiger partial charge in [0.05, 0.1) is 0 Å². The van der Waals surface area contributed by atoms with Crippen LogP contribution in [0.25, 0.3) is 10.8 Å². The monoisotopic (exact) mass is 274 g/mol. The fraction of sp³-hybridized carbons (Fsp3) is 0.250. The van der Waals surface area contributed by atoms with Gasteiger partial charge in [-0.15, -0.1) is 0 Å². The van der Waals surface area contributed by atoms with Crippen molar-refractivity contribution in [2.75, 3.05) is 0 Å². The summed E-state index contributed by atoms with van der Waals surface area (Å²) >= 11 is 0. The van der Waals surface area contributed by atoms with Crippen molar-refractivity contribution >= 4 is 18.8 Å². The predicted octanol–water partition coefficient (Wildman–Crippen LogP) is 4.70. The summed E-state index contributed by atoms with van der Waals surface area (Å²) in [6.45, 7) is 4.88. The van der Waals surface area contributed by atoms with Gasteiger partial charge in [0.15, 0.2) is 0 Å². The third-order valence-corrected chi connectivity index (χ3v) is 5.06. The molecule has 0 radical (unpaired) electrons. The Morgan fingerprint density at radius 3 is 2.21 bits per heavy atom. The van der Waals surface area contributed by atoms with E-state index in [0.29, 0.717) is 5.56 Å². The van der Waals surface area contributed by atoms with Gasteiger partial charge in [0.25, 0.3) is 5.55 Å². The minimum atomic E-state index is -2.86. The molecule has 2 rings (SSSR count). The second kappa shape index (κ2) is 4.79. The quantitative estimate of drug-likeness (QED) is 0.522. The number of halogens is 2. The molecule has 0 aliphatic carbocycles. The van der Waals surface area contributed by atoms with E-state index in [0.717, 1.165) is 10.8 Å². The molecule has 0 bridgehead atoms. The van der Waals surface area contributed by atoms with Crippen molar-refractivity contribution in [1.29, 1.82) is 0 Å². The third kappa shape index (κ3) is 3.02. The third-order valence-electron chi connectivity index (χ3n) is 3.06. The molecule has 0 nitrogen and oxygen atoms in total. The number of hydrogen-bond acceptors (Lipinski definition) is 0. The highest BCUT2D eigenvalue weighted by Gasteiger charge is 2.43. The first-order chi connectivity index (χ1) is 8.79. The number of fused-ring (bicyclic) bond motifs is 1. The summed E-state index contributed by atoms with van der Waals surface area (Å²) in [5, 5.41) is 2.11. The van der Waals surface area contributed by atoms with Crippen LogP contribution in [-0.4, -0.2) is 13.6 Å². The Balaban J connectivity index is 2.38. The summed E-state index contributed by atoms with van der Waals surface area (Å²) in [5.74, 6) is 4.78. The van der Waals surface area contributed by atoms with Gasteiger partial charge in [0.1, 0.15) is 8.07 Å². The predicted molar refractivity (Wildman–Crippen MR) is 79.1 cm³/mol. The maximum absolute atomic E-state index is 13.8. The van der Waals surface area contributed by atoms with E-state index < -0.39 is 13.6 Å². The van der Waals surface area contributed by atoms with Gasteiger partial charge in [-0.2, -0.15) is 8.78 Å². The molecule has 0 fully saturated rings. The maximum atomic E-state index is 13.8. The van der Waals surface area contributed by atoms with Crippen molar-refractivity contribution in [3.05, 3.63) is 48.0 Å². The molecule has 0 saturated heterocycles. The average Bonchev–Trinajstić information content (AvgIpc) is 2.35. The van der Waals surface area contributed by atoms with E-state index in [4.69, 9.17) is 0 Å². The van der Waals surface area contributed by atoms with Gasteiger partial charge in [-0.25, -0.2) is 0 Å². The Hall–Kier alpha value is -1.66. The smallest absolute Gasteiger partial charge is 0.198 e. The van der Waals surface area contributed by atoms with E-state index >= 15 is 0 Å². The van der Waals surface area contributed by atoms with E-state index in [9.17, 15) is 8.78 Å². The fourth-order valence-corrected chi connectivity index (χ4v) is 2.04. The van der Waals surface area contributed by atoms with Crippen molar-refractivity contribution in [2.45, 2.75) is 25.2 Å².